The zero-order chi connectivity index (χ0) is 19.6. The minimum atomic E-state index is -4.56. The molecule has 1 amide bonds. The molecule has 1 heterocycles. The first-order valence-electron chi connectivity index (χ1n) is 8.46. The molecule has 0 spiro atoms. The summed E-state index contributed by atoms with van der Waals surface area (Å²) in [5, 5.41) is 3.74. The topological polar surface area (TPSA) is 60.9 Å². The van der Waals surface area contributed by atoms with E-state index in [9.17, 15) is 18.0 Å². The van der Waals surface area contributed by atoms with Gasteiger partial charge in [0.2, 0.25) is 5.91 Å². The number of primary amides is 1. The average molecular weight is 373 g/mol. The van der Waals surface area contributed by atoms with Crippen molar-refractivity contribution in [2.24, 2.45) is 5.73 Å². The van der Waals surface area contributed by atoms with Crippen molar-refractivity contribution < 1.29 is 18.0 Å². The third-order valence-electron chi connectivity index (χ3n) is 4.18. The molecule has 0 aliphatic rings. The highest BCUT2D eigenvalue weighted by Gasteiger charge is 2.35. The standard InChI is InChI=1S/C20H18F3N3O/c1-2-3-13-4-6-14(7-5-13)17-12-18(20(21,22)23)25-26(17)16-10-8-15(9-11-16)19(24)27/h4-12H,2-3H2,1H3,(H2,24,27). The van der Waals surface area contributed by atoms with Gasteiger partial charge in [-0.25, -0.2) is 4.68 Å². The van der Waals surface area contributed by atoms with Crippen molar-refractivity contribution in [2.45, 2.75) is 25.9 Å². The number of aryl methyl sites for hydroxylation is 1. The van der Waals surface area contributed by atoms with Gasteiger partial charge in [0.25, 0.3) is 0 Å². The maximum atomic E-state index is 13.2. The summed E-state index contributed by atoms with van der Waals surface area (Å²) in [6, 6.07) is 14.4. The largest absolute Gasteiger partial charge is 0.435 e. The molecular weight excluding hydrogens is 355 g/mol. The molecule has 0 saturated heterocycles. The van der Waals surface area contributed by atoms with Crippen molar-refractivity contribution in [3.8, 4) is 16.9 Å². The minimum Gasteiger partial charge on any atom is -0.366 e. The Balaban J connectivity index is 2.09. The summed E-state index contributed by atoms with van der Waals surface area (Å²) >= 11 is 0. The first-order chi connectivity index (χ1) is 12.8. The van der Waals surface area contributed by atoms with Crippen LogP contribution in [0.2, 0.25) is 0 Å². The number of aromatic nitrogens is 2. The highest BCUT2D eigenvalue weighted by atomic mass is 19.4. The number of amides is 1. The fourth-order valence-corrected chi connectivity index (χ4v) is 2.82. The lowest BCUT2D eigenvalue weighted by molar-refractivity contribution is -0.141. The number of nitrogens with two attached hydrogens (primary N) is 1. The number of hydrogen-bond acceptors (Lipinski definition) is 2. The lowest BCUT2D eigenvalue weighted by Crippen LogP contribution is -2.11. The summed E-state index contributed by atoms with van der Waals surface area (Å²) < 4.78 is 40.9. The van der Waals surface area contributed by atoms with E-state index in [1.807, 2.05) is 12.1 Å². The van der Waals surface area contributed by atoms with Gasteiger partial charge in [0.05, 0.1) is 11.4 Å². The van der Waals surface area contributed by atoms with E-state index < -0.39 is 17.8 Å². The molecule has 0 fully saturated rings. The third-order valence-corrected chi connectivity index (χ3v) is 4.18. The quantitative estimate of drug-likeness (QED) is 0.710. The molecular formula is C20H18F3N3O. The second kappa shape index (κ2) is 7.26. The molecule has 1 aromatic heterocycles. The van der Waals surface area contributed by atoms with Crippen LogP contribution in [0.15, 0.2) is 54.6 Å². The molecule has 0 radical (unpaired) electrons. The van der Waals surface area contributed by atoms with Crippen LogP contribution >= 0.6 is 0 Å². The van der Waals surface area contributed by atoms with E-state index in [0.717, 1.165) is 24.5 Å². The number of hydrogen-bond donors (Lipinski definition) is 1. The van der Waals surface area contributed by atoms with Gasteiger partial charge < -0.3 is 5.73 Å². The molecule has 3 aromatic rings. The number of carbonyl (C=O) groups excluding carboxylic acids is 1. The van der Waals surface area contributed by atoms with Gasteiger partial charge in [-0.1, -0.05) is 37.6 Å². The molecule has 4 nitrogen and oxygen atoms in total. The number of rotatable bonds is 5. The van der Waals surface area contributed by atoms with Gasteiger partial charge in [0.15, 0.2) is 5.69 Å². The summed E-state index contributed by atoms with van der Waals surface area (Å²) in [5.74, 6) is -0.607. The van der Waals surface area contributed by atoms with E-state index >= 15 is 0 Å². The highest BCUT2D eigenvalue weighted by Crippen LogP contribution is 2.33. The maximum absolute atomic E-state index is 13.2. The lowest BCUT2D eigenvalue weighted by atomic mass is 10.1. The summed E-state index contributed by atoms with van der Waals surface area (Å²) in [5.41, 5.74) is 6.97. The lowest BCUT2D eigenvalue weighted by Gasteiger charge is -2.09. The SMILES string of the molecule is CCCc1ccc(-c2cc(C(F)(F)F)nn2-c2ccc(C(N)=O)cc2)cc1. The number of alkyl halides is 3. The van der Waals surface area contributed by atoms with Crippen LogP contribution in [-0.2, 0) is 12.6 Å². The average Bonchev–Trinajstić information content (AvgIpc) is 3.08. The van der Waals surface area contributed by atoms with Crippen LogP contribution in [0.4, 0.5) is 13.2 Å². The molecule has 0 aliphatic heterocycles. The zero-order valence-electron chi connectivity index (χ0n) is 14.6. The Hall–Kier alpha value is -3.09. The summed E-state index contributed by atoms with van der Waals surface area (Å²) in [6.45, 7) is 2.06. The summed E-state index contributed by atoms with van der Waals surface area (Å²) in [4.78, 5) is 11.2. The number of halogens is 3. The zero-order valence-corrected chi connectivity index (χ0v) is 14.6. The van der Waals surface area contributed by atoms with E-state index in [-0.39, 0.29) is 5.56 Å². The Bertz CT molecular complexity index is 942. The molecule has 0 aliphatic carbocycles. The van der Waals surface area contributed by atoms with Crippen molar-refractivity contribution in [1.82, 2.24) is 9.78 Å². The van der Waals surface area contributed by atoms with Crippen LogP contribution in [0.5, 0.6) is 0 Å². The monoisotopic (exact) mass is 373 g/mol. The number of nitrogens with zero attached hydrogens (tertiary/aromatic N) is 2. The Labute approximate surface area is 154 Å². The molecule has 0 bridgehead atoms. The summed E-state index contributed by atoms with van der Waals surface area (Å²) in [7, 11) is 0. The minimum absolute atomic E-state index is 0.271. The fraction of sp³-hybridized carbons (Fsp3) is 0.200. The van der Waals surface area contributed by atoms with Crippen LogP contribution in [0.1, 0.15) is 35.0 Å². The van der Waals surface area contributed by atoms with Crippen LogP contribution < -0.4 is 5.73 Å². The molecule has 2 aromatic carbocycles. The smallest absolute Gasteiger partial charge is 0.366 e. The van der Waals surface area contributed by atoms with E-state index in [2.05, 4.69) is 12.0 Å². The van der Waals surface area contributed by atoms with E-state index in [1.165, 1.54) is 28.9 Å². The summed E-state index contributed by atoms with van der Waals surface area (Å²) in [6.07, 6.45) is -2.67. The van der Waals surface area contributed by atoms with E-state index in [0.29, 0.717) is 16.9 Å². The van der Waals surface area contributed by atoms with Crippen LogP contribution in [0.25, 0.3) is 16.9 Å². The van der Waals surface area contributed by atoms with Gasteiger partial charge >= 0.3 is 6.18 Å². The van der Waals surface area contributed by atoms with Crippen molar-refractivity contribution in [1.29, 1.82) is 0 Å². The first-order valence-corrected chi connectivity index (χ1v) is 8.46. The molecule has 2 N–H and O–H groups in total. The normalized spacial score (nSPS) is 11.6. The highest BCUT2D eigenvalue weighted by molar-refractivity contribution is 5.92. The molecule has 27 heavy (non-hydrogen) atoms. The van der Waals surface area contributed by atoms with Crippen molar-refractivity contribution in [3.63, 3.8) is 0 Å². The molecule has 140 valence electrons. The molecule has 0 atom stereocenters. The second-order valence-electron chi connectivity index (χ2n) is 6.18. The Kier molecular flexibility index (Phi) is 5.03. The number of benzene rings is 2. The molecule has 0 saturated carbocycles. The first kappa shape index (κ1) is 18.7. The van der Waals surface area contributed by atoms with Crippen molar-refractivity contribution in [3.05, 3.63) is 71.4 Å². The van der Waals surface area contributed by atoms with Gasteiger partial charge in [0.1, 0.15) is 0 Å². The molecule has 7 heteroatoms. The van der Waals surface area contributed by atoms with Crippen LogP contribution in [0.3, 0.4) is 0 Å². The van der Waals surface area contributed by atoms with Gasteiger partial charge in [-0.3, -0.25) is 4.79 Å². The molecule has 0 unspecified atom stereocenters. The second-order valence-corrected chi connectivity index (χ2v) is 6.18. The molecule has 3 rings (SSSR count). The van der Waals surface area contributed by atoms with Crippen molar-refractivity contribution >= 4 is 5.91 Å². The predicted octanol–water partition coefficient (Wildman–Crippen LogP) is 4.61. The Morgan fingerprint density at radius 1 is 1.07 bits per heavy atom. The van der Waals surface area contributed by atoms with Gasteiger partial charge in [-0.15, -0.1) is 0 Å². The Morgan fingerprint density at radius 2 is 1.70 bits per heavy atom. The van der Waals surface area contributed by atoms with Gasteiger partial charge in [-0.2, -0.15) is 18.3 Å². The number of carbonyl (C=O) groups is 1. The van der Waals surface area contributed by atoms with E-state index in [1.54, 1.807) is 12.1 Å². The fourth-order valence-electron chi connectivity index (χ4n) is 2.82. The van der Waals surface area contributed by atoms with Crippen LogP contribution in [-0.4, -0.2) is 15.7 Å². The van der Waals surface area contributed by atoms with Crippen LogP contribution in [0, 0.1) is 0 Å². The van der Waals surface area contributed by atoms with Gasteiger partial charge in [0, 0.05) is 11.1 Å². The Morgan fingerprint density at radius 3 is 2.22 bits per heavy atom. The third kappa shape index (κ3) is 4.02. The maximum Gasteiger partial charge on any atom is 0.435 e. The van der Waals surface area contributed by atoms with Crippen molar-refractivity contribution in [2.75, 3.05) is 0 Å². The van der Waals surface area contributed by atoms with E-state index in [4.69, 9.17) is 5.73 Å². The van der Waals surface area contributed by atoms with Gasteiger partial charge in [-0.05, 0) is 42.3 Å². The predicted molar refractivity (Wildman–Crippen MR) is 96.5 cm³/mol.